The first-order valence-electron chi connectivity index (χ1n) is 6.39. The molecule has 0 unspecified atom stereocenters. The molecule has 0 aliphatic heterocycles. The molecule has 0 saturated heterocycles. The number of nitrogens with zero attached hydrogens (tertiary/aromatic N) is 2. The number of hydrogen-bond acceptors (Lipinski definition) is 6. The number of benzene rings is 1. The first-order valence-corrected chi connectivity index (χ1v) is 7.27. The summed E-state index contributed by atoms with van der Waals surface area (Å²) < 4.78 is 14.1. The minimum atomic E-state index is -0.324. The molecule has 0 bridgehead atoms. The lowest BCUT2D eigenvalue weighted by atomic mass is 10.3. The third-order valence-corrected chi connectivity index (χ3v) is 3.70. The molecule has 5 nitrogen and oxygen atoms in total. The lowest BCUT2D eigenvalue weighted by molar-refractivity contribution is 0.311. The van der Waals surface area contributed by atoms with Crippen LogP contribution in [0.25, 0.3) is 10.2 Å². The standard InChI is InChI=1S/C14H13FN4OS/c15-9-2-1-3-10(8-9)17-14-18-11-4-7-21-12(11)13(19-14)16-5-6-20/h1-4,7-8,20H,5-6H2,(H2,16,17,18,19). The molecule has 0 aliphatic carbocycles. The number of thiophene rings is 1. The number of anilines is 3. The van der Waals surface area contributed by atoms with Gasteiger partial charge in [-0.3, -0.25) is 0 Å². The lowest BCUT2D eigenvalue weighted by Crippen LogP contribution is -2.08. The van der Waals surface area contributed by atoms with E-state index in [0.29, 0.717) is 24.0 Å². The molecular formula is C14H13FN4OS. The van der Waals surface area contributed by atoms with Gasteiger partial charge in [-0.2, -0.15) is 4.98 Å². The van der Waals surface area contributed by atoms with Gasteiger partial charge in [0, 0.05) is 12.2 Å². The summed E-state index contributed by atoms with van der Waals surface area (Å²) in [7, 11) is 0. The maximum atomic E-state index is 13.2. The van der Waals surface area contributed by atoms with Gasteiger partial charge in [-0.15, -0.1) is 11.3 Å². The van der Waals surface area contributed by atoms with Crippen molar-refractivity contribution in [1.82, 2.24) is 9.97 Å². The first kappa shape index (κ1) is 13.7. The topological polar surface area (TPSA) is 70.1 Å². The molecule has 0 spiro atoms. The zero-order valence-corrected chi connectivity index (χ0v) is 11.8. The minimum absolute atomic E-state index is 0.0174. The van der Waals surface area contributed by atoms with Crippen LogP contribution in [0.2, 0.25) is 0 Å². The van der Waals surface area contributed by atoms with E-state index in [1.807, 2.05) is 11.4 Å². The second-order valence-corrected chi connectivity index (χ2v) is 5.23. The fourth-order valence-electron chi connectivity index (χ4n) is 1.91. The summed E-state index contributed by atoms with van der Waals surface area (Å²) in [6, 6.07) is 8.00. The van der Waals surface area contributed by atoms with Crippen molar-refractivity contribution in [2.45, 2.75) is 0 Å². The predicted octanol–water partition coefficient (Wildman–Crippen LogP) is 2.98. The van der Waals surface area contributed by atoms with Crippen molar-refractivity contribution in [3.63, 3.8) is 0 Å². The fourth-order valence-corrected chi connectivity index (χ4v) is 2.71. The Bertz CT molecular complexity index is 762. The lowest BCUT2D eigenvalue weighted by Gasteiger charge is -2.09. The molecular weight excluding hydrogens is 291 g/mol. The molecule has 0 saturated carbocycles. The average Bonchev–Trinajstić information content (AvgIpc) is 2.93. The van der Waals surface area contributed by atoms with Gasteiger partial charge in [0.05, 0.1) is 16.8 Å². The van der Waals surface area contributed by atoms with Gasteiger partial charge in [0.15, 0.2) is 0 Å². The van der Waals surface area contributed by atoms with E-state index in [4.69, 9.17) is 5.11 Å². The van der Waals surface area contributed by atoms with E-state index in [1.54, 1.807) is 12.1 Å². The van der Waals surface area contributed by atoms with Gasteiger partial charge < -0.3 is 15.7 Å². The van der Waals surface area contributed by atoms with Gasteiger partial charge in [0.2, 0.25) is 5.95 Å². The number of nitrogens with one attached hydrogen (secondary N) is 2. The van der Waals surface area contributed by atoms with Crippen LogP contribution < -0.4 is 10.6 Å². The highest BCUT2D eigenvalue weighted by atomic mass is 32.1. The van der Waals surface area contributed by atoms with Crippen LogP contribution >= 0.6 is 11.3 Å². The minimum Gasteiger partial charge on any atom is -0.395 e. The summed E-state index contributed by atoms with van der Waals surface area (Å²) in [6.07, 6.45) is 0. The third kappa shape index (κ3) is 3.09. The Morgan fingerprint density at radius 3 is 2.95 bits per heavy atom. The van der Waals surface area contributed by atoms with E-state index in [-0.39, 0.29) is 12.4 Å². The van der Waals surface area contributed by atoms with Crippen LogP contribution in [0.3, 0.4) is 0 Å². The highest BCUT2D eigenvalue weighted by Gasteiger charge is 2.09. The van der Waals surface area contributed by atoms with Crippen LogP contribution in [0, 0.1) is 5.82 Å². The van der Waals surface area contributed by atoms with E-state index in [2.05, 4.69) is 20.6 Å². The molecule has 3 rings (SSSR count). The molecule has 0 aliphatic rings. The smallest absolute Gasteiger partial charge is 0.229 e. The largest absolute Gasteiger partial charge is 0.395 e. The molecule has 0 amide bonds. The average molecular weight is 304 g/mol. The molecule has 2 heterocycles. The van der Waals surface area contributed by atoms with Crippen molar-refractivity contribution in [3.05, 3.63) is 41.5 Å². The van der Waals surface area contributed by atoms with Crippen molar-refractivity contribution >= 4 is 39.0 Å². The molecule has 0 fully saturated rings. The van der Waals surface area contributed by atoms with Crippen molar-refractivity contribution in [2.24, 2.45) is 0 Å². The SMILES string of the molecule is OCCNc1nc(Nc2cccc(F)c2)nc2ccsc12. The number of aliphatic hydroxyl groups is 1. The number of rotatable bonds is 5. The number of halogens is 1. The van der Waals surface area contributed by atoms with Gasteiger partial charge in [-0.05, 0) is 29.6 Å². The van der Waals surface area contributed by atoms with E-state index in [9.17, 15) is 4.39 Å². The van der Waals surface area contributed by atoms with Crippen molar-refractivity contribution < 1.29 is 9.50 Å². The summed E-state index contributed by atoms with van der Waals surface area (Å²) in [5, 5.41) is 16.9. The van der Waals surface area contributed by atoms with E-state index >= 15 is 0 Å². The Hall–Kier alpha value is -2.25. The quantitative estimate of drug-likeness (QED) is 0.676. The highest BCUT2D eigenvalue weighted by molar-refractivity contribution is 7.17. The zero-order valence-electron chi connectivity index (χ0n) is 11.0. The summed E-state index contributed by atoms with van der Waals surface area (Å²) in [6.45, 7) is 0.424. The molecule has 21 heavy (non-hydrogen) atoms. The Morgan fingerprint density at radius 1 is 1.24 bits per heavy atom. The summed E-state index contributed by atoms with van der Waals surface area (Å²) >= 11 is 1.52. The summed E-state index contributed by atoms with van der Waals surface area (Å²) in [4.78, 5) is 8.77. The van der Waals surface area contributed by atoms with Crippen LogP contribution in [0.4, 0.5) is 21.8 Å². The van der Waals surface area contributed by atoms with Crippen LogP contribution in [0.15, 0.2) is 35.7 Å². The molecule has 0 radical (unpaired) electrons. The van der Waals surface area contributed by atoms with Crippen molar-refractivity contribution in [3.8, 4) is 0 Å². The predicted molar refractivity (Wildman–Crippen MR) is 82.7 cm³/mol. The van der Waals surface area contributed by atoms with Gasteiger partial charge in [0.1, 0.15) is 11.6 Å². The van der Waals surface area contributed by atoms with Gasteiger partial charge >= 0.3 is 0 Å². The Labute approximate surface area is 124 Å². The number of aromatic nitrogens is 2. The maximum absolute atomic E-state index is 13.2. The van der Waals surface area contributed by atoms with Crippen LogP contribution in [-0.2, 0) is 0 Å². The molecule has 2 aromatic heterocycles. The van der Waals surface area contributed by atoms with Crippen LogP contribution in [-0.4, -0.2) is 28.2 Å². The first-order chi connectivity index (χ1) is 10.3. The Balaban J connectivity index is 1.94. The van der Waals surface area contributed by atoms with E-state index in [0.717, 1.165) is 10.2 Å². The van der Waals surface area contributed by atoms with Crippen LogP contribution in [0.1, 0.15) is 0 Å². The van der Waals surface area contributed by atoms with Crippen LogP contribution in [0.5, 0.6) is 0 Å². The molecule has 3 aromatic rings. The highest BCUT2D eigenvalue weighted by Crippen LogP contribution is 2.28. The zero-order chi connectivity index (χ0) is 14.7. The maximum Gasteiger partial charge on any atom is 0.229 e. The Kier molecular flexibility index (Phi) is 3.94. The molecule has 3 N–H and O–H groups in total. The number of fused-ring (bicyclic) bond motifs is 1. The molecule has 7 heteroatoms. The Morgan fingerprint density at radius 2 is 2.14 bits per heavy atom. The molecule has 0 atom stereocenters. The number of aliphatic hydroxyl groups excluding tert-OH is 1. The number of hydrogen-bond donors (Lipinski definition) is 3. The normalized spacial score (nSPS) is 10.8. The second-order valence-electron chi connectivity index (χ2n) is 4.32. The van der Waals surface area contributed by atoms with Crippen molar-refractivity contribution in [1.29, 1.82) is 0 Å². The molecule has 108 valence electrons. The summed E-state index contributed by atoms with van der Waals surface area (Å²) in [5.74, 6) is 0.713. The fraction of sp³-hybridized carbons (Fsp3) is 0.143. The van der Waals surface area contributed by atoms with Gasteiger partial charge in [-0.1, -0.05) is 6.07 Å². The van der Waals surface area contributed by atoms with Gasteiger partial charge in [0.25, 0.3) is 0 Å². The third-order valence-electron chi connectivity index (χ3n) is 2.79. The van der Waals surface area contributed by atoms with Crippen molar-refractivity contribution in [2.75, 3.05) is 23.8 Å². The molecule has 1 aromatic carbocycles. The monoisotopic (exact) mass is 304 g/mol. The van der Waals surface area contributed by atoms with E-state index < -0.39 is 0 Å². The second kappa shape index (κ2) is 6.02. The van der Waals surface area contributed by atoms with Gasteiger partial charge in [-0.25, -0.2) is 9.37 Å². The van der Waals surface area contributed by atoms with E-state index in [1.165, 1.54) is 23.5 Å². The summed E-state index contributed by atoms with van der Waals surface area (Å²) in [5.41, 5.74) is 1.38.